The first-order valence-electron chi connectivity index (χ1n) is 6.58. The molecule has 112 valence electrons. The van der Waals surface area contributed by atoms with Gasteiger partial charge in [0.15, 0.2) is 0 Å². The van der Waals surface area contributed by atoms with E-state index in [0.717, 1.165) is 11.5 Å². The van der Waals surface area contributed by atoms with E-state index in [-0.39, 0.29) is 0 Å². The lowest BCUT2D eigenvalue weighted by atomic mass is 10.3. The van der Waals surface area contributed by atoms with E-state index in [1.54, 1.807) is 24.3 Å². The van der Waals surface area contributed by atoms with Gasteiger partial charge in [0.05, 0.1) is 13.2 Å². The minimum absolute atomic E-state index is 0.470. The Kier molecular flexibility index (Phi) is 6.67. The predicted molar refractivity (Wildman–Crippen MR) is 84.7 cm³/mol. The molecular formula is C16H16Cl2O3. The van der Waals surface area contributed by atoms with Crippen molar-refractivity contribution in [2.24, 2.45) is 0 Å². The zero-order chi connectivity index (χ0) is 14.9. The van der Waals surface area contributed by atoms with Gasteiger partial charge in [-0.25, -0.2) is 0 Å². The van der Waals surface area contributed by atoms with Crippen LogP contribution in [0.25, 0.3) is 0 Å². The molecule has 2 rings (SSSR count). The number of rotatable bonds is 8. The first kappa shape index (κ1) is 16.0. The smallest absolute Gasteiger partial charge is 0.120 e. The Hall–Kier alpha value is -1.42. The zero-order valence-corrected chi connectivity index (χ0v) is 12.9. The molecular weight excluding hydrogens is 311 g/mol. The molecule has 0 N–H and O–H groups in total. The molecule has 0 aliphatic rings. The van der Waals surface area contributed by atoms with Crippen LogP contribution in [0.2, 0.25) is 10.0 Å². The maximum absolute atomic E-state index is 5.86. The Bertz CT molecular complexity index is 511. The summed E-state index contributed by atoms with van der Waals surface area (Å²) in [5, 5.41) is 1.31. The second kappa shape index (κ2) is 8.78. The van der Waals surface area contributed by atoms with Gasteiger partial charge in [0.25, 0.3) is 0 Å². The summed E-state index contributed by atoms with van der Waals surface area (Å²) in [5.41, 5.74) is 0. The summed E-state index contributed by atoms with van der Waals surface area (Å²) in [6, 6.07) is 14.5. The van der Waals surface area contributed by atoms with Gasteiger partial charge >= 0.3 is 0 Å². The maximum Gasteiger partial charge on any atom is 0.120 e. The molecule has 2 aromatic rings. The van der Waals surface area contributed by atoms with Crippen molar-refractivity contribution in [2.45, 2.75) is 0 Å². The topological polar surface area (TPSA) is 27.7 Å². The molecule has 0 saturated carbocycles. The van der Waals surface area contributed by atoms with Crippen LogP contribution in [0, 0.1) is 0 Å². The SMILES string of the molecule is Clc1cccc(OCCOCCOc2cccc(Cl)c2)c1. The van der Waals surface area contributed by atoms with E-state index in [0.29, 0.717) is 36.5 Å². The van der Waals surface area contributed by atoms with Crippen LogP contribution in [0.3, 0.4) is 0 Å². The van der Waals surface area contributed by atoms with Crippen LogP contribution < -0.4 is 9.47 Å². The van der Waals surface area contributed by atoms with Crippen molar-refractivity contribution in [3.05, 3.63) is 58.6 Å². The van der Waals surface area contributed by atoms with Gasteiger partial charge in [-0.2, -0.15) is 0 Å². The second-order valence-corrected chi connectivity index (χ2v) is 5.10. The standard InChI is InChI=1S/C16H16Cl2O3/c17-13-3-1-5-15(11-13)20-9-7-19-8-10-21-16-6-2-4-14(18)12-16/h1-6,11-12H,7-10H2. The van der Waals surface area contributed by atoms with Gasteiger partial charge in [0.1, 0.15) is 24.7 Å². The first-order chi connectivity index (χ1) is 10.2. The van der Waals surface area contributed by atoms with Gasteiger partial charge in [-0.15, -0.1) is 0 Å². The number of hydrogen-bond donors (Lipinski definition) is 0. The fraction of sp³-hybridized carbons (Fsp3) is 0.250. The molecule has 21 heavy (non-hydrogen) atoms. The maximum atomic E-state index is 5.86. The molecule has 0 aliphatic carbocycles. The molecule has 0 unspecified atom stereocenters. The minimum atomic E-state index is 0.470. The van der Waals surface area contributed by atoms with E-state index in [2.05, 4.69) is 0 Å². The molecule has 0 heterocycles. The van der Waals surface area contributed by atoms with Crippen LogP contribution in [-0.4, -0.2) is 26.4 Å². The summed E-state index contributed by atoms with van der Waals surface area (Å²) in [4.78, 5) is 0. The summed E-state index contributed by atoms with van der Waals surface area (Å²) in [6.45, 7) is 1.92. The van der Waals surface area contributed by atoms with Crippen LogP contribution >= 0.6 is 23.2 Å². The highest BCUT2D eigenvalue weighted by Gasteiger charge is 1.97. The molecule has 0 saturated heterocycles. The summed E-state index contributed by atoms with van der Waals surface area (Å²) < 4.78 is 16.4. The van der Waals surface area contributed by atoms with Crippen molar-refractivity contribution in [2.75, 3.05) is 26.4 Å². The van der Waals surface area contributed by atoms with Gasteiger partial charge in [0, 0.05) is 10.0 Å². The van der Waals surface area contributed by atoms with Crippen molar-refractivity contribution >= 4 is 23.2 Å². The lowest BCUT2D eigenvalue weighted by Crippen LogP contribution is -2.12. The molecule has 0 bridgehead atoms. The molecule has 0 atom stereocenters. The Morgan fingerprint density at radius 1 is 0.667 bits per heavy atom. The summed E-state index contributed by atoms with van der Waals surface area (Å²) >= 11 is 11.7. The van der Waals surface area contributed by atoms with Gasteiger partial charge in [-0.05, 0) is 36.4 Å². The van der Waals surface area contributed by atoms with Crippen molar-refractivity contribution in [3.8, 4) is 11.5 Å². The van der Waals surface area contributed by atoms with Gasteiger partial charge in [-0.1, -0.05) is 35.3 Å². The number of halogens is 2. The fourth-order valence-corrected chi connectivity index (χ4v) is 2.01. The highest BCUT2D eigenvalue weighted by atomic mass is 35.5. The average Bonchev–Trinajstić information content (AvgIpc) is 2.46. The van der Waals surface area contributed by atoms with E-state index in [1.807, 2.05) is 24.3 Å². The van der Waals surface area contributed by atoms with E-state index in [9.17, 15) is 0 Å². The normalized spacial score (nSPS) is 10.4. The fourth-order valence-electron chi connectivity index (χ4n) is 1.65. The molecule has 0 aliphatic heterocycles. The largest absolute Gasteiger partial charge is 0.491 e. The van der Waals surface area contributed by atoms with Crippen LogP contribution in [0.1, 0.15) is 0 Å². The van der Waals surface area contributed by atoms with Gasteiger partial charge in [-0.3, -0.25) is 0 Å². The van der Waals surface area contributed by atoms with Crippen molar-refractivity contribution < 1.29 is 14.2 Å². The third-order valence-corrected chi connectivity index (χ3v) is 3.06. The van der Waals surface area contributed by atoms with E-state index >= 15 is 0 Å². The Labute approximate surface area is 134 Å². The summed E-state index contributed by atoms with van der Waals surface area (Å²) in [7, 11) is 0. The van der Waals surface area contributed by atoms with Crippen LogP contribution in [-0.2, 0) is 4.74 Å². The molecule has 0 radical (unpaired) electrons. The molecule has 0 amide bonds. The lowest BCUT2D eigenvalue weighted by Gasteiger charge is -2.09. The highest BCUT2D eigenvalue weighted by Crippen LogP contribution is 2.17. The van der Waals surface area contributed by atoms with Crippen molar-refractivity contribution in [1.29, 1.82) is 0 Å². The third kappa shape index (κ3) is 6.25. The highest BCUT2D eigenvalue weighted by molar-refractivity contribution is 6.31. The summed E-state index contributed by atoms with van der Waals surface area (Å²) in [6.07, 6.45) is 0. The predicted octanol–water partition coefficient (Wildman–Crippen LogP) is 4.47. The number of hydrogen-bond acceptors (Lipinski definition) is 3. The van der Waals surface area contributed by atoms with E-state index < -0.39 is 0 Å². The molecule has 2 aromatic carbocycles. The van der Waals surface area contributed by atoms with Crippen LogP contribution in [0.4, 0.5) is 0 Å². The van der Waals surface area contributed by atoms with Crippen LogP contribution in [0.5, 0.6) is 11.5 Å². The zero-order valence-electron chi connectivity index (χ0n) is 11.4. The molecule has 0 aromatic heterocycles. The summed E-state index contributed by atoms with van der Waals surface area (Å²) in [5.74, 6) is 1.47. The Morgan fingerprint density at radius 2 is 1.14 bits per heavy atom. The van der Waals surface area contributed by atoms with E-state index in [4.69, 9.17) is 37.4 Å². The van der Waals surface area contributed by atoms with Crippen LogP contribution in [0.15, 0.2) is 48.5 Å². The van der Waals surface area contributed by atoms with E-state index in [1.165, 1.54) is 0 Å². The van der Waals surface area contributed by atoms with Gasteiger partial charge < -0.3 is 14.2 Å². The quantitative estimate of drug-likeness (QED) is 0.670. The molecule has 5 heteroatoms. The average molecular weight is 327 g/mol. The molecule has 0 spiro atoms. The minimum Gasteiger partial charge on any atom is -0.491 e. The molecule has 3 nitrogen and oxygen atoms in total. The second-order valence-electron chi connectivity index (χ2n) is 4.22. The first-order valence-corrected chi connectivity index (χ1v) is 7.34. The monoisotopic (exact) mass is 326 g/mol. The Morgan fingerprint density at radius 3 is 1.57 bits per heavy atom. The molecule has 0 fully saturated rings. The number of benzene rings is 2. The van der Waals surface area contributed by atoms with Crippen molar-refractivity contribution in [3.63, 3.8) is 0 Å². The Balaban J connectivity index is 1.54. The van der Waals surface area contributed by atoms with Gasteiger partial charge in [0.2, 0.25) is 0 Å². The van der Waals surface area contributed by atoms with Crippen molar-refractivity contribution in [1.82, 2.24) is 0 Å². The lowest BCUT2D eigenvalue weighted by molar-refractivity contribution is 0.0764. The number of ether oxygens (including phenoxy) is 3. The third-order valence-electron chi connectivity index (χ3n) is 2.58.